The fourth-order valence-electron chi connectivity index (χ4n) is 1.55. The zero-order valence-corrected chi connectivity index (χ0v) is 10.1. The van der Waals surface area contributed by atoms with Crippen molar-refractivity contribution >= 4 is 21.4 Å². The minimum absolute atomic E-state index is 0.00549. The maximum atomic E-state index is 13.1. The lowest BCUT2D eigenvalue weighted by molar-refractivity contribution is 0.595. The van der Waals surface area contributed by atoms with Gasteiger partial charge in [-0.05, 0) is 24.5 Å². The van der Waals surface area contributed by atoms with Crippen molar-refractivity contribution < 1.29 is 12.8 Å². The van der Waals surface area contributed by atoms with Gasteiger partial charge in [-0.3, -0.25) is 4.72 Å². The zero-order chi connectivity index (χ0) is 12.5. The molecule has 0 unspecified atom stereocenters. The minimum atomic E-state index is -3.38. The highest BCUT2D eigenvalue weighted by molar-refractivity contribution is 7.92. The third-order valence-corrected chi connectivity index (χ3v) is 4.09. The lowest BCUT2D eigenvalue weighted by atomic mass is 10.3. The van der Waals surface area contributed by atoms with Gasteiger partial charge in [-0.2, -0.15) is 0 Å². The molecule has 4 nitrogen and oxygen atoms in total. The molecule has 1 saturated carbocycles. The van der Waals surface area contributed by atoms with Crippen LogP contribution < -0.4 is 10.5 Å². The van der Waals surface area contributed by atoms with E-state index in [2.05, 4.69) is 4.72 Å². The van der Waals surface area contributed by atoms with Crippen molar-refractivity contribution in [3.63, 3.8) is 0 Å². The summed E-state index contributed by atoms with van der Waals surface area (Å²) in [5, 5.41) is 0. The standard InChI is InChI=1S/C11H15FN2O2S/c12-10-7-9(3-4-11(10)13)14-17(15,16)6-5-8-1-2-8/h3-4,7-8,14H,1-2,5-6,13H2. The van der Waals surface area contributed by atoms with Crippen molar-refractivity contribution in [2.45, 2.75) is 19.3 Å². The molecular weight excluding hydrogens is 243 g/mol. The molecule has 1 aromatic carbocycles. The maximum Gasteiger partial charge on any atom is 0.232 e. The molecule has 0 aromatic heterocycles. The van der Waals surface area contributed by atoms with Gasteiger partial charge in [-0.25, -0.2) is 12.8 Å². The van der Waals surface area contributed by atoms with Gasteiger partial charge in [0.25, 0.3) is 0 Å². The van der Waals surface area contributed by atoms with Crippen LogP contribution in [-0.4, -0.2) is 14.2 Å². The molecule has 6 heteroatoms. The molecule has 94 valence electrons. The SMILES string of the molecule is Nc1ccc(NS(=O)(=O)CCC2CC2)cc1F. The Morgan fingerprint density at radius 2 is 2.12 bits per heavy atom. The Kier molecular flexibility index (Phi) is 3.24. The Morgan fingerprint density at radius 1 is 1.41 bits per heavy atom. The van der Waals surface area contributed by atoms with Crippen LogP contribution in [0.25, 0.3) is 0 Å². The van der Waals surface area contributed by atoms with Gasteiger partial charge < -0.3 is 5.73 Å². The number of benzene rings is 1. The largest absolute Gasteiger partial charge is 0.396 e. The van der Waals surface area contributed by atoms with Crippen LogP contribution in [0.4, 0.5) is 15.8 Å². The van der Waals surface area contributed by atoms with Crippen LogP contribution >= 0.6 is 0 Å². The Morgan fingerprint density at radius 3 is 2.71 bits per heavy atom. The lowest BCUT2D eigenvalue weighted by Crippen LogP contribution is -2.17. The molecule has 0 saturated heterocycles. The highest BCUT2D eigenvalue weighted by Gasteiger charge is 2.23. The molecule has 1 fully saturated rings. The Labute approximate surface area is 100 Å². The first-order valence-corrected chi connectivity index (χ1v) is 7.17. The van der Waals surface area contributed by atoms with Crippen molar-refractivity contribution in [2.24, 2.45) is 5.92 Å². The van der Waals surface area contributed by atoms with E-state index < -0.39 is 15.8 Å². The maximum absolute atomic E-state index is 13.1. The fraction of sp³-hybridized carbons (Fsp3) is 0.455. The lowest BCUT2D eigenvalue weighted by Gasteiger charge is -2.08. The monoisotopic (exact) mass is 258 g/mol. The summed E-state index contributed by atoms with van der Waals surface area (Å²) >= 11 is 0. The van der Waals surface area contributed by atoms with Crippen LogP contribution in [0.1, 0.15) is 19.3 Å². The molecule has 3 N–H and O–H groups in total. The average Bonchev–Trinajstić information content (AvgIpc) is 3.04. The second-order valence-electron chi connectivity index (χ2n) is 4.39. The van der Waals surface area contributed by atoms with Crippen molar-refractivity contribution in [3.8, 4) is 0 Å². The molecule has 0 heterocycles. The topological polar surface area (TPSA) is 72.2 Å². The molecule has 0 bridgehead atoms. The summed E-state index contributed by atoms with van der Waals surface area (Å²) in [6.07, 6.45) is 2.91. The van der Waals surface area contributed by atoms with E-state index >= 15 is 0 Å². The first kappa shape index (κ1) is 12.2. The molecule has 1 aromatic rings. The second-order valence-corrected chi connectivity index (χ2v) is 6.23. The number of sulfonamides is 1. The van der Waals surface area contributed by atoms with Gasteiger partial charge in [-0.1, -0.05) is 12.8 Å². The number of anilines is 2. The smallest absolute Gasteiger partial charge is 0.232 e. The molecule has 0 atom stereocenters. The number of nitrogen functional groups attached to an aromatic ring is 1. The van der Waals surface area contributed by atoms with Crippen LogP contribution in [0.2, 0.25) is 0 Å². The van der Waals surface area contributed by atoms with Gasteiger partial charge in [0, 0.05) is 6.07 Å². The van der Waals surface area contributed by atoms with E-state index in [0.717, 1.165) is 18.9 Å². The van der Waals surface area contributed by atoms with Crippen LogP contribution in [0.5, 0.6) is 0 Å². The molecular formula is C11H15FN2O2S. The number of nitrogens with one attached hydrogen (secondary N) is 1. The van der Waals surface area contributed by atoms with Crippen molar-refractivity contribution in [2.75, 3.05) is 16.2 Å². The summed E-state index contributed by atoms with van der Waals surface area (Å²) < 4.78 is 38.8. The van der Waals surface area contributed by atoms with E-state index in [4.69, 9.17) is 5.73 Å². The summed E-state index contributed by atoms with van der Waals surface area (Å²) in [7, 11) is -3.38. The molecule has 17 heavy (non-hydrogen) atoms. The summed E-state index contributed by atoms with van der Waals surface area (Å²) in [5.41, 5.74) is 5.53. The third kappa shape index (κ3) is 3.59. The predicted octanol–water partition coefficient (Wildman–Crippen LogP) is 1.95. The van der Waals surface area contributed by atoms with Gasteiger partial charge in [-0.15, -0.1) is 0 Å². The third-order valence-electron chi connectivity index (χ3n) is 2.77. The Balaban J connectivity index is 2.00. The number of nitrogens with two attached hydrogens (primary N) is 1. The highest BCUT2D eigenvalue weighted by atomic mass is 32.2. The van der Waals surface area contributed by atoms with E-state index in [-0.39, 0.29) is 17.1 Å². The molecule has 1 aliphatic rings. The zero-order valence-electron chi connectivity index (χ0n) is 9.32. The summed E-state index contributed by atoms with van der Waals surface area (Å²) in [5.74, 6) is 0.0195. The highest BCUT2D eigenvalue weighted by Crippen LogP contribution is 2.32. The second kappa shape index (κ2) is 4.52. The van der Waals surface area contributed by atoms with Crippen LogP contribution in [0, 0.1) is 11.7 Å². The Bertz CT molecular complexity index is 512. The molecule has 0 aliphatic heterocycles. The molecule has 0 amide bonds. The average molecular weight is 258 g/mol. The van der Waals surface area contributed by atoms with E-state index in [9.17, 15) is 12.8 Å². The number of rotatable bonds is 5. The van der Waals surface area contributed by atoms with Crippen molar-refractivity contribution in [3.05, 3.63) is 24.0 Å². The van der Waals surface area contributed by atoms with Gasteiger partial charge in [0.15, 0.2) is 0 Å². The van der Waals surface area contributed by atoms with E-state index in [1.54, 1.807) is 0 Å². The quantitative estimate of drug-likeness (QED) is 0.793. The molecule has 0 spiro atoms. The first-order valence-electron chi connectivity index (χ1n) is 5.52. The van der Waals surface area contributed by atoms with Gasteiger partial charge in [0.1, 0.15) is 5.82 Å². The summed E-state index contributed by atoms with van der Waals surface area (Å²) in [4.78, 5) is 0. The summed E-state index contributed by atoms with van der Waals surface area (Å²) in [6.45, 7) is 0. The van der Waals surface area contributed by atoms with Gasteiger partial charge >= 0.3 is 0 Å². The van der Waals surface area contributed by atoms with E-state index in [0.29, 0.717) is 12.3 Å². The Hall–Kier alpha value is -1.30. The number of halogens is 1. The van der Waals surface area contributed by atoms with Crippen LogP contribution in [0.3, 0.4) is 0 Å². The molecule has 0 radical (unpaired) electrons. The van der Waals surface area contributed by atoms with Gasteiger partial charge in [0.2, 0.25) is 10.0 Å². The predicted molar refractivity (Wildman–Crippen MR) is 65.6 cm³/mol. The fourth-order valence-corrected chi connectivity index (χ4v) is 2.78. The van der Waals surface area contributed by atoms with Gasteiger partial charge in [0.05, 0.1) is 17.1 Å². The van der Waals surface area contributed by atoms with Crippen molar-refractivity contribution in [1.82, 2.24) is 0 Å². The van der Waals surface area contributed by atoms with E-state index in [1.807, 2.05) is 0 Å². The van der Waals surface area contributed by atoms with Crippen molar-refractivity contribution in [1.29, 1.82) is 0 Å². The van der Waals surface area contributed by atoms with E-state index in [1.165, 1.54) is 12.1 Å². The molecule has 2 rings (SSSR count). The number of hydrogen-bond donors (Lipinski definition) is 2. The first-order chi connectivity index (χ1) is 7.96. The number of hydrogen-bond acceptors (Lipinski definition) is 3. The molecule has 1 aliphatic carbocycles. The van der Waals surface area contributed by atoms with Crippen LogP contribution in [-0.2, 0) is 10.0 Å². The minimum Gasteiger partial charge on any atom is -0.396 e. The normalized spacial score (nSPS) is 15.8. The summed E-state index contributed by atoms with van der Waals surface area (Å²) in [6, 6.07) is 3.88. The van der Waals surface area contributed by atoms with Crippen LogP contribution in [0.15, 0.2) is 18.2 Å².